The molecule has 2 aliphatic rings. The van der Waals surface area contributed by atoms with E-state index in [2.05, 4.69) is 15.9 Å². The fourth-order valence-electron chi connectivity index (χ4n) is 2.63. The fourth-order valence-corrected chi connectivity index (χ4v) is 3.25. The SMILES string of the molecule is CC1C(C(=O)O)=CC(Br)=CC1(C(=O)O)C1CC1. The van der Waals surface area contributed by atoms with E-state index in [1.165, 1.54) is 6.08 Å². The van der Waals surface area contributed by atoms with Gasteiger partial charge >= 0.3 is 11.9 Å². The molecule has 1 fully saturated rings. The van der Waals surface area contributed by atoms with Gasteiger partial charge < -0.3 is 10.2 Å². The molecule has 2 unspecified atom stereocenters. The molecule has 0 heterocycles. The second-order valence-corrected chi connectivity index (χ2v) is 5.58. The molecule has 92 valence electrons. The van der Waals surface area contributed by atoms with Crippen LogP contribution in [0, 0.1) is 17.3 Å². The standard InChI is InChI=1S/C12H13BrO4/c1-6-9(10(14)15)4-8(13)5-12(6,11(16)17)7-2-3-7/h4-7H,2-3H2,1H3,(H,14,15)(H,16,17). The van der Waals surface area contributed by atoms with E-state index in [1.54, 1.807) is 13.0 Å². The molecule has 0 amide bonds. The van der Waals surface area contributed by atoms with Gasteiger partial charge in [0, 0.05) is 16.0 Å². The predicted molar refractivity (Wildman–Crippen MR) is 64.7 cm³/mol. The third kappa shape index (κ3) is 1.82. The van der Waals surface area contributed by atoms with Crippen molar-refractivity contribution in [2.75, 3.05) is 0 Å². The van der Waals surface area contributed by atoms with Crippen LogP contribution in [-0.2, 0) is 9.59 Å². The zero-order valence-electron chi connectivity index (χ0n) is 9.31. The van der Waals surface area contributed by atoms with Crippen LogP contribution < -0.4 is 0 Å². The van der Waals surface area contributed by atoms with Crippen LogP contribution in [0.2, 0.25) is 0 Å². The number of allylic oxidation sites excluding steroid dienone is 2. The normalized spacial score (nSPS) is 32.7. The van der Waals surface area contributed by atoms with Gasteiger partial charge in [-0.1, -0.05) is 28.9 Å². The van der Waals surface area contributed by atoms with E-state index in [-0.39, 0.29) is 11.5 Å². The number of hydrogen-bond acceptors (Lipinski definition) is 2. The molecule has 0 saturated heterocycles. The Kier molecular flexibility index (Phi) is 2.89. The highest BCUT2D eigenvalue weighted by Crippen LogP contribution is 2.55. The van der Waals surface area contributed by atoms with Crippen molar-refractivity contribution in [3.63, 3.8) is 0 Å². The van der Waals surface area contributed by atoms with Gasteiger partial charge in [0.05, 0.1) is 5.41 Å². The number of carboxylic acids is 2. The number of halogens is 1. The van der Waals surface area contributed by atoms with Crippen LogP contribution in [0.5, 0.6) is 0 Å². The molecule has 0 aromatic heterocycles. The smallest absolute Gasteiger partial charge is 0.331 e. The van der Waals surface area contributed by atoms with Crippen molar-refractivity contribution in [1.82, 2.24) is 0 Å². The molecule has 5 heteroatoms. The number of aliphatic carboxylic acids is 2. The Morgan fingerprint density at radius 3 is 2.41 bits per heavy atom. The lowest BCUT2D eigenvalue weighted by Gasteiger charge is -2.36. The van der Waals surface area contributed by atoms with Crippen molar-refractivity contribution in [3.8, 4) is 0 Å². The minimum Gasteiger partial charge on any atom is -0.481 e. The summed E-state index contributed by atoms with van der Waals surface area (Å²) in [7, 11) is 0. The first-order valence-corrected chi connectivity index (χ1v) is 6.25. The highest BCUT2D eigenvalue weighted by atomic mass is 79.9. The van der Waals surface area contributed by atoms with E-state index in [0.29, 0.717) is 4.48 Å². The summed E-state index contributed by atoms with van der Waals surface area (Å²) in [5.74, 6) is -2.44. The minimum absolute atomic E-state index is 0.0469. The van der Waals surface area contributed by atoms with Crippen molar-refractivity contribution in [2.45, 2.75) is 19.8 Å². The maximum absolute atomic E-state index is 11.6. The number of carbonyl (C=O) groups is 2. The summed E-state index contributed by atoms with van der Waals surface area (Å²) < 4.78 is 0.544. The van der Waals surface area contributed by atoms with Gasteiger partial charge in [-0.05, 0) is 24.8 Å². The first-order chi connectivity index (χ1) is 7.89. The number of hydrogen-bond donors (Lipinski definition) is 2. The first-order valence-electron chi connectivity index (χ1n) is 5.46. The summed E-state index contributed by atoms with van der Waals surface area (Å²) in [6, 6.07) is 0. The van der Waals surface area contributed by atoms with Gasteiger partial charge in [-0.3, -0.25) is 4.79 Å². The van der Waals surface area contributed by atoms with Gasteiger partial charge in [0.2, 0.25) is 0 Å². The largest absolute Gasteiger partial charge is 0.481 e. The molecule has 0 aromatic rings. The van der Waals surface area contributed by atoms with Crippen LogP contribution in [0.25, 0.3) is 0 Å². The van der Waals surface area contributed by atoms with E-state index < -0.39 is 23.3 Å². The Bertz CT molecular complexity index is 447. The number of carboxylic acid groups (broad SMARTS) is 2. The van der Waals surface area contributed by atoms with Gasteiger partial charge in [-0.25, -0.2) is 4.79 Å². The maximum atomic E-state index is 11.6. The molecule has 0 spiro atoms. The Hall–Kier alpha value is -1.10. The zero-order chi connectivity index (χ0) is 12.8. The van der Waals surface area contributed by atoms with E-state index in [1.807, 2.05) is 0 Å². The Morgan fingerprint density at radius 2 is 2.00 bits per heavy atom. The third-order valence-electron chi connectivity index (χ3n) is 3.72. The highest BCUT2D eigenvalue weighted by molar-refractivity contribution is 9.11. The van der Waals surface area contributed by atoms with Crippen molar-refractivity contribution in [1.29, 1.82) is 0 Å². The van der Waals surface area contributed by atoms with Gasteiger partial charge in [0.1, 0.15) is 0 Å². The predicted octanol–water partition coefficient (Wildman–Crippen LogP) is 2.41. The Balaban J connectivity index is 2.52. The molecule has 2 N–H and O–H groups in total. The molecule has 17 heavy (non-hydrogen) atoms. The molecule has 1 saturated carbocycles. The van der Waals surface area contributed by atoms with Crippen LogP contribution in [0.15, 0.2) is 22.2 Å². The van der Waals surface area contributed by atoms with Crippen molar-refractivity contribution < 1.29 is 19.8 Å². The molecule has 0 bridgehead atoms. The van der Waals surface area contributed by atoms with Gasteiger partial charge in [-0.15, -0.1) is 0 Å². The van der Waals surface area contributed by atoms with Crippen molar-refractivity contribution >= 4 is 27.9 Å². The second-order valence-electron chi connectivity index (χ2n) is 4.67. The van der Waals surface area contributed by atoms with E-state index >= 15 is 0 Å². The average Bonchev–Trinajstić information content (AvgIpc) is 3.03. The molecule has 0 aromatic carbocycles. The molecule has 2 rings (SSSR count). The minimum atomic E-state index is -1.07. The van der Waals surface area contributed by atoms with Gasteiger partial charge in [0.25, 0.3) is 0 Å². The van der Waals surface area contributed by atoms with E-state index in [0.717, 1.165) is 12.8 Å². The lowest BCUT2D eigenvalue weighted by atomic mass is 9.66. The summed E-state index contributed by atoms with van der Waals surface area (Å²) in [4.78, 5) is 22.8. The molecule has 0 radical (unpaired) electrons. The fraction of sp³-hybridized carbons (Fsp3) is 0.500. The van der Waals surface area contributed by atoms with Gasteiger partial charge in [0.15, 0.2) is 0 Å². The summed E-state index contributed by atoms with van der Waals surface area (Å²) in [5.41, 5.74) is -0.907. The third-order valence-corrected chi connectivity index (χ3v) is 4.18. The first kappa shape index (κ1) is 12.4. The topological polar surface area (TPSA) is 74.6 Å². The summed E-state index contributed by atoms with van der Waals surface area (Å²) in [5, 5.41) is 18.6. The molecular formula is C12H13BrO4. The van der Waals surface area contributed by atoms with Crippen molar-refractivity contribution in [3.05, 3.63) is 22.2 Å². The summed E-state index contributed by atoms with van der Waals surface area (Å²) in [6.07, 6.45) is 4.85. The Labute approximate surface area is 107 Å². The second kappa shape index (κ2) is 3.98. The molecule has 0 aliphatic heterocycles. The number of rotatable bonds is 3. The van der Waals surface area contributed by atoms with Crippen LogP contribution >= 0.6 is 15.9 Å². The quantitative estimate of drug-likeness (QED) is 0.839. The lowest BCUT2D eigenvalue weighted by molar-refractivity contribution is -0.150. The molecular weight excluding hydrogens is 288 g/mol. The van der Waals surface area contributed by atoms with E-state index in [4.69, 9.17) is 5.11 Å². The molecule has 2 atom stereocenters. The monoisotopic (exact) mass is 300 g/mol. The zero-order valence-corrected chi connectivity index (χ0v) is 10.9. The lowest BCUT2D eigenvalue weighted by Crippen LogP contribution is -2.41. The van der Waals surface area contributed by atoms with E-state index in [9.17, 15) is 14.7 Å². The maximum Gasteiger partial charge on any atom is 0.331 e. The van der Waals surface area contributed by atoms with Gasteiger partial charge in [-0.2, -0.15) is 0 Å². The van der Waals surface area contributed by atoms with Crippen LogP contribution in [0.1, 0.15) is 19.8 Å². The summed E-state index contributed by atoms with van der Waals surface area (Å²) >= 11 is 3.22. The molecule has 2 aliphatic carbocycles. The van der Waals surface area contributed by atoms with Crippen molar-refractivity contribution in [2.24, 2.45) is 17.3 Å². The van der Waals surface area contributed by atoms with Crippen LogP contribution in [-0.4, -0.2) is 22.2 Å². The van der Waals surface area contributed by atoms with Crippen LogP contribution in [0.4, 0.5) is 0 Å². The Morgan fingerprint density at radius 1 is 1.41 bits per heavy atom. The molecule has 4 nitrogen and oxygen atoms in total. The van der Waals surface area contributed by atoms with Crippen LogP contribution in [0.3, 0.4) is 0 Å². The average molecular weight is 301 g/mol. The summed E-state index contributed by atoms with van der Waals surface area (Å²) in [6.45, 7) is 1.68. The highest BCUT2D eigenvalue weighted by Gasteiger charge is 2.56.